The quantitative estimate of drug-likeness (QED) is 0.683. The second kappa shape index (κ2) is 7.09. The number of aryl methyl sites for hydroxylation is 2. The molecule has 0 unspecified atom stereocenters. The molecule has 0 bridgehead atoms. The van der Waals surface area contributed by atoms with E-state index in [-0.39, 0.29) is 27.9 Å². The maximum absolute atomic E-state index is 12.6. The number of fused-ring (bicyclic) bond motifs is 1. The van der Waals surface area contributed by atoms with Gasteiger partial charge in [0, 0.05) is 11.1 Å². The molecule has 26 heavy (non-hydrogen) atoms. The number of halogens is 1. The molecule has 0 saturated carbocycles. The van der Waals surface area contributed by atoms with Gasteiger partial charge in [0.25, 0.3) is 0 Å². The van der Waals surface area contributed by atoms with E-state index in [1.165, 1.54) is 24.5 Å². The van der Waals surface area contributed by atoms with Crippen LogP contribution in [0, 0.1) is 13.8 Å². The van der Waals surface area contributed by atoms with Crippen LogP contribution in [-0.4, -0.2) is 12.6 Å². The van der Waals surface area contributed by atoms with Crippen molar-refractivity contribution in [3.05, 3.63) is 63.0 Å². The van der Waals surface area contributed by atoms with Gasteiger partial charge in [-0.15, -0.1) is 0 Å². The van der Waals surface area contributed by atoms with Gasteiger partial charge < -0.3 is 23.8 Å². The summed E-state index contributed by atoms with van der Waals surface area (Å²) in [6.45, 7) is 3.10. The van der Waals surface area contributed by atoms with Gasteiger partial charge in [0.05, 0.1) is 11.4 Å². The van der Waals surface area contributed by atoms with Gasteiger partial charge in [-0.3, -0.25) is 4.79 Å². The summed E-state index contributed by atoms with van der Waals surface area (Å²) in [5.41, 5.74) is 1.56. The molecule has 2 aromatic carbocycles. The summed E-state index contributed by atoms with van der Waals surface area (Å²) >= 11 is 6.13. The largest absolute Gasteiger partial charge is 0.546 e. The SMILES string of the molecule is Cc1cc(Oc2coc3cc(OCC(=O)[O-])ccc3c2=O)cc(C)c1Cl. The monoisotopic (exact) mass is 373 g/mol. The van der Waals surface area contributed by atoms with Crippen molar-refractivity contribution >= 4 is 28.5 Å². The molecule has 0 aliphatic rings. The third-order valence-electron chi connectivity index (χ3n) is 3.71. The summed E-state index contributed by atoms with van der Waals surface area (Å²) in [4.78, 5) is 23.0. The highest BCUT2D eigenvalue weighted by Crippen LogP contribution is 2.29. The molecular formula is C19H14ClO6-. The topological polar surface area (TPSA) is 88.8 Å². The number of hydrogen-bond acceptors (Lipinski definition) is 6. The van der Waals surface area contributed by atoms with Crippen molar-refractivity contribution in [3.63, 3.8) is 0 Å². The minimum absolute atomic E-state index is 0.0297. The summed E-state index contributed by atoms with van der Waals surface area (Å²) < 4.78 is 16.1. The summed E-state index contributed by atoms with van der Waals surface area (Å²) in [7, 11) is 0. The van der Waals surface area contributed by atoms with Crippen LogP contribution in [0.25, 0.3) is 11.0 Å². The molecule has 6 nitrogen and oxygen atoms in total. The van der Waals surface area contributed by atoms with Crippen LogP contribution in [0.5, 0.6) is 17.2 Å². The number of carbonyl (C=O) groups excluding carboxylic acids is 1. The van der Waals surface area contributed by atoms with E-state index in [1.54, 1.807) is 12.1 Å². The lowest BCUT2D eigenvalue weighted by molar-refractivity contribution is -0.307. The summed E-state index contributed by atoms with van der Waals surface area (Å²) in [5.74, 6) is -0.585. The van der Waals surface area contributed by atoms with E-state index in [0.29, 0.717) is 10.8 Å². The lowest BCUT2D eigenvalue weighted by Crippen LogP contribution is -2.28. The van der Waals surface area contributed by atoms with Gasteiger partial charge in [-0.05, 0) is 49.2 Å². The molecule has 7 heteroatoms. The average molecular weight is 374 g/mol. The van der Waals surface area contributed by atoms with Crippen LogP contribution in [0.2, 0.25) is 5.02 Å². The van der Waals surface area contributed by atoms with Crippen LogP contribution < -0.4 is 20.0 Å². The molecule has 0 spiro atoms. The molecular weight excluding hydrogens is 360 g/mol. The molecule has 1 aromatic heterocycles. The molecule has 134 valence electrons. The van der Waals surface area contributed by atoms with Crippen LogP contribution >= 0.6 is 11.6 Å². The van der Waals surface area contributed by atoms with Crippen molar-refractivity contribution < 1.29 is 23.8 Å². The normalized spacial score (nSPS) is 10.7. The molecule has 0 fully saturated rings. The predicted molar refractivity (Wildman–Crippen MR) is 94.0 cm³/mol. The predicted octanol–water partition coefficient (Wildman–Crippen LogP) is 2.98. The minimum Gasteiger partial charge on any atom is -0.546 e. The standard InChI is InChI=1S/C19H15ClO6/c1-10-5-13(6-11(2)18(10)20)26-16-8-25-15-7-12(24-9-17(21)22)3-4-14(15)19(16)23/h3-8H,9H2,1-2H3,(H,21,22)/p-1. The van der Waals surface area contributed by atoms with E-state index in [1.807, 2.05) is 13.8 Å². The number of benzene rings is 2. The molecule has 3 aromatic rings. The maximum atomic E-state index is 12.6. The molecule has 0 atom stereocenters. The smallest absolute Gasteiger partial charge is 0.235 e. The molecule has 0 N–H and O–H groups in total. The highest BCUT2D eigenvalue weighted by molar-refractivity contribution is 6.32. The third kappa shape index (κ3) is 3.65. The van der Waals surface area contributed by atoms with Crippen LogP contribution in [0.15, 0.2) is 45.8 Å². The molecule has 1 heterocycles. The summed E-state index contributed by atoms with van der Waals surface area (Å²) in [6, 6.07) is 7.85. The van der Waals surface area contributed by atoms with Crippen molar-refractivity contribution in [2.45, 2.75) is 13.8 Å². The van der Waals surface area contributed by atoms with Gasteiger partial charge in [0.15, 0.2) is 0 Å². The summed E-state index contributed by atoms with van der Waals surface area (Å²) in [5, 5.41) is 11.4. The van der Waals surface area contributed by atoms with Crippen molar-refractivity contribution in [3.8, 4) is 17.2 Å². The number of carboxylic acid groups (broad SMARTS) is 1. The van der Waals surface area contributed by atoms with Gasteiger partial charge in [-0.2, -0.15) is 0 Å². The fourth-order valence-electron chi connectivity index (χ4n) is 2.49. The average Bonchev–Trinajstić information content (AvgIpc) is 2.60. The number of hydrogen-bond donors (Lipinski definition) is 0. The van der Waals surface area contributed by atoms with Crippen LogP contribution in [0.3, 0.4) is 0 Å². The minimum atomic E-state index is -1.34. The number of carbonyl (C=O) groups is 1. The fraction of sp³-hybridized carbons (Fsp3) is 0.158. The van der Waals surface area contributed by atoms with E-state index in [2.05, 4.69) is 0 Å². The van der Waals surface area contributed by atoms with Gasteiger partial charge in [-0.25, -0.2) is 0 Å². The van der Waals surface area contributed by atoms with Crippen LogP contribution in [-0.2, 0) is 4.79 Å². The van der Waals surface area contributed by atoms with E-state index < -0.39 is 12.6 Å². The second-order valence-corrected chi connectivity index (χ2v) is 6.10. The van der Waals surface area contributed by atoms with E-state index in [0.717, 1.165) is 11.1 Å². The second-order valence-electron chi connectivity index (χ2n) is 5.72. The number of ether oxygens (including phenoxy) is 2. The van der Waals surface area contributed by atoms with Gasteiger partial charge in [0.2, 0.25) is 11.2 Å². The maximum Gasteiger partial charge on any atom is 0.235 e. The van der Waals surface area contributed by atoms with Crippen molar-refractivity contribution in [1.82, 2.24) is 0 Å². The Morgan fingerprint density at radius 1 is 1.15 bits per heavy atom. The Balaban J connectivity index is 1.93. The van der Waals surface area contributed by atoms with Crippen LogP contribution in [0.4, 0.5) is 0 Å². The molecule has 0 amide bonds. The molecule has 0 aliphatic heterocycles. The van der Waals surface area contributed by atoms with Crippen molar-refractivity contribution in [2.75, 3.05) is 6.61 Å². The lowest BCUT2D eigenvalue weighted by atomic mass is 10.1. The Bertz CT molecular complexity index is 1030. The van der Waals surface area contributed by atoms with Crippen molar-refractivity contribution in [2.24, 2.45) is 0 Å². The van der Waals surface area contributed by atoms with Gasteiger partial charge in [0.1, 0.15) is 30.0 Å². The Morgan fingerprint density at radius 2 is 1.85 bits per heavy atom. The first kappa shape index (κ1) is 17.8. The number of rotatable bonds is 5. The number of aliphatic carboxylic acids is 1. The highest BCUT2D eigenvalue weighted by atomic mass is 35.5. The lowest BCUT2D eigenvalue weighted by Gasteiger charge is -2.10. The zero-order valence-corrected chi connectivity index (χ0v) is 14.8. The first-order chi connectivity index (χ1) is 12.3. The first-order valence-corrected chi connectivity index (χ1v) is 8.06. The van der Waals surface area contributed by atoms with Crippen LogP contribution in [0.1, 0.15) is 11.1 Å². The number of carboxylic acids is 1. The summed E-state index contributed by atoms with van der Waals surface area (Å²) in [6.07, 6.45) is 1.20. The van der Waals surface area contributed by atoms with Crippen molar-refractivity contribution in [1.29, 1.82) is 0 Å². The van der Waals surface area contributed by atoms with Gasteiger partial charge >= 0.3 is 0 Å². The van der Waals surface area contributed by atoms with E-state index >= 15 is 0 Å². The van der Waals surface area contributed by atoms with E-state index in [4.69, 9.17) is 25.5 Å². The zero-order chi connectivity index (χ0) is 18.8. The molecule has 3 rings (SSSR count). The fourth-order valence-corrected chi connectivity index (χ4v) is 2.59. The Labute approximate surface area is 153 Å². The first-order valence-electron chi connectivity index (χ1n) is 7.68. The Morgan fingerprint density at radius 3 is 2.50 bits per heavy atom. The molecule has 0 aliphatic carbocycles. The Hall–Kier alpha value is -2.99. The molecule has 0 radical (unpaired) electrons. The Kier molecular flexibility index (Phi) is 4.86. The van der Waals surface area contributed by atoms with Gasteiger partial charge in [-0.1, -0.05) is 11.6 Å². The third-order valence-corrected chi connectivity index (χ3v) is 4.31. The molecule has 0 saturated heterocycles. The highest BCUT2D eigenvalue weighted by Gasteiger charge is 2.12. The zero-order valence-electron chi connectivity index (χ0n) is 14.0. The van der Waals surface area contributed by atoms with E-state index in [9.17, 15) is 14.7 Å².